The molecule has 0 saturated heterocycles. The third-order valence-electron chi connectivity index (χ3n) is 6.92. The summed E-state index contributed by atoms with van der Waals surface area (Å²) in [6.07, 6.45) is 14.3. The third kappa shape index (κ3) is 10.5. The molecule has 45 heavy (non-hydrogen) atoms. The number of benzene rings is 3. The van der Waals surface area contributed by atoms with Crippen molar-refractivity contribution in [3.8, 4) is 18.2 Å². The van der Waals surface area contributed by atoms with Crippen molar-refractivity contribution in [2.45, 2.75) is 25.4 Å². The van der Waals surface area contributed by atoms with E-state index in [0.717, 1.165) is 33.4 Å². The average Bonchev–Trinajstić information content (AvgIpc) is 3.09. The standard InChI is InChI=1S/C38H35N7/c1-28(22-39)8-21-37(44)34-15-13-31(14-16-34)27-45-38(35-17-9-29(10-18-35)4-2-6-32(23-40)24-41)36-19-11-30(12-20-36)5-3-7-33(25-42)26-43/h2-3,6-21,23,25,38,44-45H,1,4-5,27,40,42H2/b6-2-,7-3-,21-8-,32-23+,33-25+,44-37?. The Morgan fingerprint density at radius 3 is 1.58 bits per heavy atom. The van der Waals surface area contributed by atoms with Gasteiger partial charge in [-0.15, -0.1) is 0 Å². The Morgan fingerprint density at radius 2 is 1.16 bits per heavy atom. The van der Waals surface area contributed by atoms with Crippen LogP contribution in [-0.2, 0) is 19.4 Å². The lowest BCUT2D eigenvalue weighted by Crippen LogP contribution is -2.22. The summed E-state index contributed by atoms with van der Waals surface area (Å²) in [7, 11) is 0. The molecule has 0 atom stereocenters. The Morgan fingerprint density at radius 1 is 0.689 bits per heavy atom. The average molecular weight is 590 g/mol. The van der Waals surface area contributed by atoms with Crippen molar-refractivity contribution in [3.63, 3.8) is 0 Å². The van der Waals surface area contributed by atoms with Crippen LogP contribution in [0.1, 0.15) is 39.4 Å². The Bertz CT molecular complexity index is 1660. The van der Waals surface area contributed by atoms with Gasteiger partial charge in [-0.05, 0) is 70.5 Å². The zero-order chi connectivity index (χ0) is 32.4. The first-order valence-electron chi connectivity index (χ1n) is 14.2. The third-order valence-corrected chi connectivity index (χ3v) is 6.92. The zero-order valence-corrected chi connectivity index (χ0v) is 24.9. The molecule has 3 aromatic carbocycles. The molecule has 222 valence electrons. The summed E-state index contributed by atoms with van der Waals surface area (Å²) in [6, 6.07) is 30.5. The fourth-order valence-electron chi connectivity index (χ4n) is 4.36. The second kappa shape index (κ2) is 17.7. The van der Waals surface area contributed by atoms with Crippen LogP contribution in [0.5, 0.6) is 0 Å². The lowest BCUT2D eigenvalue weighted by atomic mass is 9.95. The van der Waals surface area contributed by atoms with Gasteiger partial charge in [-0.1, -0.05) is 91.5 Å². The Labute approximate surface area is 265 Å². The summed E-state index contributed by atoms with van der Waals surface area (Å²) >= 11 is 0. The van der Waals surface area contributed by atoms with Gasteiger partial charge in [0, 0.05) is 24.5 Å². The molecule has 0 fully saturated rings. The topological polar surface area (TPSA) is 159 Å². The smallest absolute Gasteiger partial charge is 0.101 e. The highest BCUT2D eigenvalue weighted by molar-refractivity contribution is 6.06. The van der Waals surface area contributed by atoms with Gasteiger partial charge in [-0.3, -0.25) is 0 Å². The first kappa shape index (κ1) is 33.3. The number of nitriles is 3. The lowest BCUT2D eigenvalue weighted by molar-refractivity contribution is 0.605. The van der Waals surface area contributed by atoms with Crippen molar-refractivity contribution in [1.82, 2.24) is 5.32 Å². The summed E-state index contributed by atoms with van der Waals surface area (Å²) in [5.41, 5.74) is 18.6. The largest absolute Gasteiger partial charge is 0.404 e. The van der Waals surface area contributed by atoms with E-state index in [4.69, 9.17) is 32.7 Å². The van der Waals surface area contributed by atoms with Crippen LogP contribution < -0.4 is 16.8 Å². The molecule has 0 aliphatic carbocycles. The predicted octanol–water partition coefficient (Wildman–Crippen LogP) is 6.50. The van der Waals surface area contributed by atoms with E-state index in [2.05, 4.69) is 60.4 Å². The summed E-state index contributed by atoms with van der Waals surface area (Å²) in [4.78, 5) is 0. The molecule has 7 heteroatoms. The number of nitrogens with one attached hydrogen (secondary N) is 2. The highest BCUT2D eigenvalue weighted by Crippen LogP contribution is 2.24. The second-order valence-electron chi connectivity index (χ2n) is 10.1. The van der Waals surface area contributed by atoms with Crippen LogP contribution in [0.25, 0.3) is 0 Å². The first-order chi connectivity index (χ1) is 21.9. The van der Waals surface area contributed by atoms with Gasteiger partial charge in [0.15, 0.2) is 0 Å². The van der Waals surface area contributed by atoms with Crippen LogP contribution in [-0.4, -0.2) is 5.71 Å². The predicted molar refractivity (Wildman–Crippen MR) is 180 cm³/mol. The molecule has 6 N–H and O–H groups in total. The SMILES string of the molecule is C=C(C#N)/C=C\C(=N)c1ccc(CNC(c2ccc(C/C=C\C(C#N)=C/N)cc2)c2ccc(C/C=C\C(C#N)=C/N)cc2)cc1. The van der Waals surface area contributed by atoms with Crippen molar-refractivity contribution in [2.75, 3.05) is 0 Å². The Hall–Kier alpha value is -6.20. The van der Waals surface area contributed by atoms with Crippen molar-refractivity contribution in [3.05, 3.63) is 178 Å². The molecule has 0 radical (unpaired) electrons. The van der Waals surface area contributed by atoms with Gasteiger partial charge in [-0.2, -0.15) is 15.8 Å². The van der Waals surface area contributed by atoms with Gasteiger partial charge in [0.2, 0.25) is 0 Å². The first-order valence-corrected chi connectivity index (χ1v) is 14.2. The number of nitrogens with zero attached hydrogens (tertiary/aromatic N) is 3. The van der Waals surface area contributed by atoms with E-state index in [1.807, 2.05) is 54.6 Å². The van der Waals surface area contributed by atoms with Gasteiger partial charge in [0.25, 0.3) is 0 Å². The minimum absolute atomic E-state index is 0.0900. The quantitative estimate of drug-likeness (QED) is 0.0954. The maximum absolute atomic E-state index is 9.05. The summed E-state index contributed by atoms with van der Waals surface area (Å²) < 4.78 is 0. The molecule has 0 heterocycles. The Kier molecular flexibility index (Phi) is 13.1. The minimum Gasteiger partial charge on any atom is -0.404 e. The number of allylic oxidation sites excluding steroid dienone is 9. The second-order valence-corrected chi connectivity index (χ2v) is 10.1. The fourth-order valence-corrected chi connectivity index (χ4v) is 4.36. The monoisotopic (exact) mass is 589 g/mol. The number of rotatable bonds is 14. The van der Waals surface area contributed by atoms with Gasteiger partial charge >= 0.3 is 0 Å². The minimum atomic E-state index is -0.0900. The summed E-state index contributed by atoms with van der Waals surface area (Å²) in [6.45, 7) is 4.21. The van der Waals surface area contributed by atoms with Crippen molar-refractivity contribution in [2.24, 2.45) is 11.5 Å². The Balaban J connectivity index is 1.80. The molecule has 0 aromatic heterocycles. The molecule has 3 rings (SSSR count). The molecule has 0 saturated carbocycles. The normalized spacial score (nSPS) is 12.0. The van der Waals surface area contributed by atoms with Crippen molar-refractivity contribution < 1.29 is 0 Å². The molecule has 0 aliphatic heterocycles. The summed E-state index contributed by atoms with van der Waals surface area (Å²) in [5.74, 6) is 0. The van der Waals surface area contributed by atoms with Gasteiger partial charge < -0.3 is 22.2 Å². The molecular formula is C38H35N7. The molecule has 0 amide bonds. The van der Waals surface area contributed by atoms with Gasteiger partial charge in [0.05, 0.1) is 29.0 Å². The van der Waals surface area contributed by atoms with Crippen LogP contribution in [0.2, 0.25) is 0 Å². The molecule has 7 nitrogen and oxygen atoms in total. The van der Waals surface area contributed by atoms with Crippen LogP contribution >= 0.6 is 0 Å². The highest BCUT2D eigenvalue weighted by Gasteiger charge is 2.14. The van der Waals surface area contributed by atoms with E-state index in [9.17, 15) is 0 Å². The molecule has 0 aliphatic rings. The van der Waals surface area contributed by atoms with E-state index >= 15 is 0 Å². The maximum Gasteiger partial charge on any atom is 0.101 e. The van der Waals surface area contributed by atoms with Gasteiger partial charge in [-0.25, -0.2) is 0 Å². The van der Waals surface area contributed by atoms with E-state index < -0.39 is 0 Å². The van der Waals surface area contributed by atoms with E-state index in [1.54, 1.807) is 18.2 Å². The fraction of sp³-hybridized carbons (Fsp3) is 0.105. The molecule has 0 bridgehead atoms. The van der Waals surface area contributed by atoms with E-state index in [0.29, 0.717) is 41.8 Å². The zero-order valence-electron chi connectivity index (χ0n) is 24.9. The highest BCUT2D eigenvalue weighted by atomic mass is 14.9. The molecular weight excluding hydrogens is 554 g/mol. The van der Waals surface area contributed by atoms with Crippen LogP contribution in [0.3, 0.4) is 0 Å². The van der Waals surface area contributed by atoms with E-state index in [-0.39, 0.29) is 6.04 Å². The number of hydrogen-bond donors (Lipinski definition) is 4. The summed E-state index contributed by atoms with van der Waals surface area (Å²) in [5, 5.41) is 38.9. The number of hydrogen-bond acceptors (Lipinski definition) is 7. The van der Waals surface area contributed by atoms with Crippen molar-refractivity contribution in [1.29, 1.82) is 21.2 Å². The van der Waals surface area contributed by atoms with E-state index in [1.165, 1.54) is 18.5 Å². The maximum atomic E-state index is 9.05. The van der Waals surface area contributed by atoms with Crippen LogP contribution in [0, 0.1) is 39.4 Å². The van der Waals surface area contributed by atoms with Crippen molar-refractivity contribution >= 4 is 5.71 Å². The molecule has 0 spiro atoms. The van der Waals surface area contributed by atoms with Crippen LogP contribution in [0.15, 0.2) is 145 Å². The van der Waals surface area contributed by atoms with Gasteiger partial charge in [0.1, 0.15) is 12.1 Å². The lowest BCUT2D eigenvalue weighted by Gasteiger charge is -2.21. The molecule has 0 unspecified atom stereocenters. The molecule has 3 aromatic rings. The number of nitrogens with two attached hydrogens (primary N) is 2. The van der Waals surface area contributed by atoms with Crippen LogP contribution in [0.4, 0.5) is 0 Å².